The zero-order valence-corrected chi connectivity index (χ0v) is 12.4. The number of rotatable bonds is 4. The van der Waals surface area contributed by atoms with Crippen molar-refractivity contribution in [2.24, 2.45) is 5.73 Å². The van der Waals surface area contributed by atoms with Gasteiger partial charge in [0.15, 0.2) is 11.5 Å². The molecular formula is C17H21NO2. The Morgan fingerprint density at radius 2 is 1.70 bits per heavy atom. The molecule has 0 aromatic heterocycles. The number of hydrogen-bond acceptors (Lipinski definition) is 3. The summed E-state index contributed by atoms with van der Waals surface area (Å²) in [4.78, 5) is 0. The Labute approximate surface area is 120 Å². The molecule has 2 aromatic carbocycles. The van der Waals surface area contributed by atoms with E-state index in [1.807, 2.05) is 18.2 Å². The van der Waals surface area contributed by atoms with E-state index in [1.54, 1.807) is 14.2 Å². The molecule has 0 aliphatic rings. The van der Waals surface area contributed by atoms with Crippen molar-refractivity contribution >= 4 is 0 Å². The van der Waals surface area contributed by atoms with Crippen LogP contribution in [0.25, 0.3) is 0 Å². The van der Waals surface area contributed by atoms with Crippen LogP contribution in [0.15, 0.2) is 36.4 Å². The number of hydrogen-bond donors (Lipinski definition) is 1. The van der Waals surface area contributed by atoms with E-state index in [0.717, 1.165) is 11.1 Å². The predicted molar refractivity (Wildman–Crippen MR) is 81.5 cm³/mol. The summed E-state index contributed by atoms with van der Waals surface area (Å²) in [6.07, 6.45) is 0. The molecule has 2 aromatic rings. The van der Waals surface area contributed by atoms with Crippen LogP contribution < -0.4 is 15.2 Å². The molecule has 0 saturated carbocycles. The summed E-state index contributed by atoms with van der Waals surface area (Å²) in [5.41, 5.74) is 10.9. The summed E-state index contributed by atoms with van der Waals surface area (Å²) in [6, 6.07) is 11.9. The topological polar surface area (TPSA) is 44.5 Å². The summed E-state index contributed by atoms with van der Waals surface area (Å²) in [5.74, 6) is 1.40. The fraction of sp³-hybridized carbons (Fsp3) is 0.294. The van der Waals surface area contributed by atoms with E-state index in [2.05, 4.69) is 32.0 Å². The third-order valence-electron chi connectivity index (χ3n) is 3.54. The number of benzene rings is 2. The fourth-order valence-corrected chi connectivity index (χ4v) is 2.42. The minimum Gasteiger partial charge on any atom is -0.493 e. The van der Waals surface area contributed by atoms with E-state index < -0.39 is 0 Å². The molecule has 0 spiro atoms. The Bertz CT molecular complexity index is 608. The Morgan fingerprint density at radius 3 is 2.35 bits per heavy atom. The van der Waals surface area contributed by atoms with Gasteiger partial charge in [0.25, 0.3) is 0 Å². The SMILES string of the molecule is COc1cccc(C(N)c2cc(C)ccc2C)c1OC. The lowest BCUT2D eigenvalue weighted by molar-refractivity contribution is 0.350. The van der Waals surface area contributed by atoms with E-state index in [-0.39, 0.29) is 6.04 Å². The second-order valence-electron chi connectivity index (χ2n) is 4.92. The van der Waals surface area contributed by atoms with E-state index in [0.29, 0.717) is 11.5 Å². The van der Waals surface area contributed by atoms with Crippen LogP contribution in [0.3, 0.4) is 0 Å². The van der Waals surface area contributed by atoms with Crippen LogP contribution in [-0.2, 0) is 0 Å². The van der Waals surface area contributed by atoms with Crippen LogP contribution in [0.2, 0.25) is 0 Å². The van der Waals surface area contributed by atoms with Crippen molar-refractivity contribution < 1.29 is 9.47 Å². The van der Waals surface area contributed by atoms with E-state index >= 15 is 0 Å². The first-order valence-electron chi connectivity index (χ1n) is 6.62. The summed E-state index contributed by atoms with van der Waals surface area (Å²) in [6.45, 7) is 4.14. The third kappa shape index (κ3) is 2.63. The molecule has 0 aliphatic heterocycles. The molecule has 0 fully saturated rings. The molecule has 0 heterocycles. The first-order chi connectivity index (χ1) is 9.58. The van der Waals surface area contributed by atoms with Gasteiger partial charge in [-0.2, -0.15) is 0 Å². The van der Waals surface area contributed by atoms with Gasteiger partial charge < -0.3 is 15.2 Å². The second kappa shape index (κ2) is 5.97. The number of nitrogens with two attached hydrogens (primary N) is 1. The summed E-state index contributed by atoms with van der Waals surface area (Å²) in [7, 11) is 3.27. The van der Waals surface area contributed by atoms with Crippen molar-refractivity contribution in [2.45, 2.75) is 19.9 Å². The number of aryl methyl sites for hydroxylation is 2. The lowest BCUT2D eigenvalue weighted by atomic mass is 9.93. The molecule has 0 saturated heterocycles. The first-order valence-corrected chi connectivity index (χ1v) is 6.62. The molecule has 20 heavy (non-hydrogen) atoms. The van der Waals surface area contributed by atoms with Gasteiger partial charge in [-0.3, -0.25) is 0 Å². The minimum absolute atomic E-state index is 0.236. The zero-order chi connectivity index (χ0) is 14.7. The number of para-hydroxylation sites is 1. The van der Waals surface area contributed by atoms with Gasteiger partial charge in [-0.15, -0.1) is 0 Å². The maximum atomic E-state index is 6.45. The highest BCUT2D eigenvalue weighted by atomic mass is 16.5. The van der Waals surface area contributed by atoms with Gasteiger partial charge in [0.2, 0.25) is 0 Å². The third-order valence-corrected chi connectivity index (χ3v) is 3.54. The van der Waals surface area contributed by atoms with Gasteiger partial charge in [-0.05, 0) is 31.0 Å². The molecule has 3 heteroatoms. The van der Waals surface area contributed by atoms with Crippen molar-refractivity contribution in [3.63, 3.8) is 0 Å². The lowest BCUT2D eigenvalue weighted by Crippen LogP contribution is -2.15. The highest BCUT2D eigenvalue weighted by Gasteiger charge is 2.18. The van der Waals surface area contributed by atoms with Crippen molar-refractivity contribution in [1.82, 2.24) is 0 Å². The van der Waals surface area contributed by atoms with Crippen molar-refractivity contribution in [3.05, 3.63) is 58.7 Å². The first kappa shape index (κ1) is 14.4. The fourth-order valence-electron chi connectivity index (χ4n) is 2.42. The zero-order valence-electron chi connectivity index (χ0n) is 12.4. The van der Waals surface area contributed by atoms with Crippen LogP contribution in [0.1, 0.15) is 28.3 Å². The molecule has 0 amide bonds. The monoisotopic (exact) mass is 271 g/mol. The molecule has 1 unspecified atom stereocenters. The Hall–Kier alpha value is -2.00. The minimum atomic E-state index is -0.236. The smallest absolute Gasteiger partial charge is 0.165 e. The predicted octanol–water partition coefficient (Wildman–Crippen LogP) is 3.37. The van der Waals surface area contributed by atoms with Crippen molar-refractivity contribution in [3.8, 4) is 11.5 Å². The quantitative estimate of drug-likeness (QED) is 0.927. The van der Waals surface area contributed by atoms with Gasteiger partial charge in [0.05, 0.1) is 20.3 Å². The van der Waals surface area contributed by atoms with Crippen LogP contribution >= 0.6 is 0 Å². The van der Waals surface area contributed by atoms with Gasteiger partial charge in [-0.1, -0.05) is 35.9 Å². The Kier molecular flexibility index (Phi) is 4.30. The maximum absolute atomic E-state index is 6.45. The lowest BCUT2D eigenvalue weighted by Gasteiger charge is -2.20. The van der Waals surface area contributed by atoms with Crippen molar-refractivity contribution in [2.75, 3.05) is 14.2 Å². The standard InChI is InChI=1S/C17H21NO2/c1-11-8-9-12(2)14(10-11)16(18)13-6-5-7-15(19-3)17(13)20-4/h5-10,16H,18H2,1-4H3. The van der Waals surface area contributed by atoms with E-state index in [1.165, 1.54) is 11.1 Å². The Morgan fingerprint density at radius 1 is 0.950 bits per heavy atom. The number of methoxy groups -OCH3 is 2. The average molecular weight is 271 g/mol. The van der Waals surface area contributed by atoms with Crippen LogP contribution in [0, 0.1) is 13.8 Å². The van der Waals surface area contributed by atoms with Gasteiger partial charge in [-0.25, -0.2) is 0 Å². The molecule has 1 atom stereocenters. The summed E-state index contributed by atoms with van der Waals surface area (Å²) >= 11 is 0. The van der Waals surface area contributed by atoms with Crippen LogP contribution in [0.5, 0.6) is 11.5 Å². The van der Waals surface area contributed by atoms with Crippen molar-refractivity contribution in [1.29, 1.82) is 0 Å². The second-order valence-corrected chi connectivity index (χ2v) is 4.92. The Balaban J connectivity index is 2.53. The van der Waals surface area contributed by atoms with Gasteiger partial charge >= 0.3 is 0 Å². The normalized spacial score (nSPS) is 12.1. The van der Waals surface area contributed by atoms with Crippen LogP contribution in [0.4, 0.5) is 0 Å². The largest absolute Gasteiger partial charge is 0.493 e. The molecule has 0 radical (unpaired) electrons. The van der Waals surface area contributed by atoms with E-state index in [4.69, 9.17) is 15.2 Å². The number of ether oxygens (including phenoxy) is 2. The average Bonchev–Trinajstić information content (AvgIpc) is 2.48. The van der Waals surface area contributed by atoms with Crippen LogP contribution in [-0.4, -0.2) is 14.2 Å². The van der Waals surface area contributed by atoms with Gasteiger partial charge in [0.1, 0.15) is 0 Å². The maximum Gasteiger partial charge on any atom is 0.165 e. The molecule has 0 bridgehead atoms. The highest BCUT2D eigenvalue weighted by Crippen LogP contribution is 2.36. The molecule has 2 N–H and O–H groups in total. The van der Waals surface area contributed by atoms with E-state index in [9.17, 15) is 0 Å². The van der Waals surface area contributed by atoms with Gasteiger partial charge in [0, 0.05) is 5.56 Å². The molecule has 106 valence electrons. The molecule has 0 aliphatic carbocycles. The highest BCUT2D eigenvalue weighted by molar-refractivity contribution is 5.51. The molecule has 3 nitrogen and oxygen atoms in total. The molecular weight excluding hydrogens is 250 g/mol. The summed E-state index contributed by atoms with van der Waals surface area (Å²) in [5, 5.41) is 0. The molecule has 2 rings (SSSR count). The summed E-state index contributed by atoms with van der Waals surface area (Å²) < 4.78 is 10.8.